The minimum Gasteiger partial charge on any atom is -0.435 e. The number of benzene rings is 1. The molecular weight excluding hydrogens is 280 g/mol. The molecule has 0 aliphatic heterocycles. The first-order valence-electron chi connectivity index (χ1n) is 6.71. The predicted molar refractivity (Wildman–Crippen MR) is 77.8 cm³/mol. The van der Waals surface area contributed by atoms with Crippen molar-refractivity contribution in [1.29, 1.82) is 0 Å². The highest BCUT2D eigenvalue weighted by molar-refractivity contribution is 5.79. The Hall–Kier alpha value is -1.89. The van der Waals surface area contributed by atoms with Crippen molar-refractivity contribution in [2.75, 3.05) is 26.8 Å². The van der Waals surface area contributed by atoms with Gasteiger partial charge in [0.1, 0.15) is 5.75 Å². The number of nitrogens with one attached hydrogen (secondary N) is 2. The first-order chi connectivity index (χ1) is 10.2. The standard InChI is InChI=1S/C14H21F2N3O2/c1-3-20-8-7-18-14(17-2)19-10-11-5-4-6-12(9-11)21-13(15)16/h4-6,9,13H,3,7-8,10H2,1-2H3,(H2,17,18,19). The third kappa shape index (κ3) is 7.45. The Morgan fingerprint density at radius 1 is 1.33 bits per heavy atom. The summed E-state index contributed by atoms with van der Waals surface area (Å²) >= 11 is 0. The van der Waals surface area contributed by atoms with Crippen LogP contribution in [0.2, 0.25) is 0 Å². The summed E-state index contributed by atoms with van der Waals surface area (Å²) in [7, 11) is 1.66. The summed E-state index contributed by atoms with van der Waals surface area (Å²) in [5.41, 5.74) is 0.820. The van der Waals surface area contributed by atoms with Gasteiger partial charge < -0.3 is 20.1 Å². The van der Waals surface area contributed by atoms with Crippen LogP contribution in [0.4, 0.5) is 8.78 Å². The number of hydrogen-bond acceptors (Lipinski definition) is 3. The van der Waals surface area contributed by atoms with Gasteiger partial charge in [-0.05, 0) is 24.6 Å². The Kier molecular flexibility index (Phi) is 8.11. The van der Waals surface area contributed by atoms with Gasteiger partial charge in [-0.1, -0.05) is 12.1 Å². The lowest BCUT2D eigenvalue weighted by Crippen LogP contribution is -2.38. The van der Waals surface area contributed by atoms with Gasteiger partial charge in [0.25, 0.3) is 0 Å². The lowest BCUT2D eigenvalue weighted by atomic mass is 10.2. The van der Waals surface area contributed by atoms with Crippen molar-refractivity contribution in [1.82, 2.24) is 10.6 Å². The van der Waals surface area contributed by atoms with Gasteiger partial charge in [0.15, 0.2) is 5.96 Å². The zero-order chi connectivity index (χ0) is 15.5. The van der Waals surface area contributed by atoms with Crippen LogP contribution in [0.3, 0.4) is 0 Å². The minimum atomic E-state index is -2.82. The molecular formula is C14H21F2N3O2. The fraction of sp³-hybridized carbons (Fsp3) is 0.500. The molecule has 0 saturated heterocycles. The number of alkyl halides is 2. The molecule has 1 rings (SSSR count). The van der Waals surface area contributed by atoms with E-state index in [1.807, 2.05) is 13.0 Å². The number of aliphatic imine (C=N–C) groups is 1. The molecule has 118 valence electrons. The van der Waals surface area contributed by atoms with Crippen LogP contribution in [0.5, 0.6) is 5.75 Å². The first kappa shape index (κ1) is 17.2. The predicted octanol–water partition coefficient (Wildman–Crippen LogP) is 1.99. The van der Waals surface area contributed by atoms with Crippen LogP contribution in [0.25, 0.3) is 0 Å². The second-order valence-electron chi connectivity index (χ2n) is 4.08. The second-order valence-corrected chi connectivity index (χ2v) is 4.08. The zero-order valence-electron chi connectivity index (χ0n) is 12.2. The molecule has 0 heterocycles. The van der Waals surface area contributed by atoms with Crippen molar-refractivity contribution in [2.45, 2.75) is 20.1 Å². The molecule has 0 amide bonds. The van der Waals surface area contributed by atoms with Gasteiger partial charge in [-0.2, -0.15) is 8.78 Å². The molecule has 7 heteroatoms. The van der Waals surface area contributed by atoms with Crippen molar-refractivity contribution in [3.63, 3.8) is 0 Å². The van der Waals surface area contributed by atoms with E-state index in [0.717, 1.165) is 5.56 Å². The summed E-state index contributed by atoms with van der Waals surface area (Å²) < 4.78 is 33.9. The summed E-state index contributed by atoms with van der Waals surface area (Å²) in [5, 5.41) is 6.17. The molecule has 0 aliphatic carbocycles. The van der Waals surface area contributed by atoms with E-state index < -0.39 is 6.61 Å². The van der Waals surface area contributed by atoms with Crippen LogP contribution in [0, 0.1) is 0 Å². The SMILES string of the molecule is CCOCCNC(=NC)NCc1cccc(OC(F)F)c1. The van der Waals surface area contributed by atoms with E-state index in [-0.39, 0.29) is 5.75 Å². The van der Waals surface area contributed by atoms with Crippen LogP contribution in [-0.4, -0.2) is 39.4 Å². The summed E-state index contributed by atoms with van der Waals surface area (Å²) in [5.74, 6) is 0.762. The zero-order valence-corrected chi connectivity index (χ0v) is 12.2. The normalized spacial score (nSPS) is 11.6. The molecule has 1 aromatic rings. The second kappa shape index (κ2) is 9.93. The topological polar surface area (TPSA) is 54.9 Å². The number of nitrogens with zero attached hydrogens (tertiary/aromatic N) is 1. The number of guanidine groups is 1. The van der Waals surface area contributed by atoms with Crippen LogP contribution in [0.15, 0.2) is 29.3 Å². The molecule has 0 saturated carbocycles. The van der Waals surface area contributed by atoms with Crippen molar-refractivity contribution >= 4 is 5.96 Å². The molecule has 1 aromatic carbocycles. The third-order valence-corrected chi connectivity index (χ3v) is 2.55. The van der Waals surface area contributed by atoms with E-state index in [0.29, 0.717) is 32.3 Å². The summed E-state index contributed by atoms with van der Waals surface area (Å²) in [4.78, 5) is 4.06. The fourth-order valence-corrected chi connectivity index (χ4v) is 1.62. The molecule has 21 heavy (non-hydrogen) atoms. The average molecular weight is 301 g/mol. The maximum Gasteiger partial charge on any atom is 0.387 e. The van der Waals surface area contributed by atoms with Gasteiger partial charge in [-0.3, -0.25) is 4.99 Å². The first-order valence-corrected chi connectivity index (χ1v) is 6.71. The van der Waals surface area contributed by atoms with Crippen LogP contribution < -0.4 is 15.4 Å². The highest BCUT2D eigenvalue weighted by Crippen LogP contribution is 2.15. The lowest BCUT2D eigenvalue weighted by Gasteiger charge is -2.12. The lowest BCUT2D eigenvalue weighted by molar-refractivity contribution is -0.0498. The van der Waals surface area contributed by atoms with Crippen molar-refractivity contribution < 1.29 is 18.3 Å². The smallest absolute Gasteiger partial charge is 0.387 e. The summed E-state index contributed by atoms with van der Waals surface area (Å²) in [6.07, 6.45) is 0. The third-order valence-electron chi connectivity index (χ3n) is 2.55. The Morgan fingerprint density at radius 3 is 2.81 bits per heavy atom. The fourth-order valence-electron chi connectivity index (χ4n) is 1.62. The molecule has 0 bridgehead atoms. The Balaban J connectivity index is 2.42. The van der Waals surface area contributed by atoms with Gasteiger partial charge in [0.2, 0.25) is 0 Å². The number of hydrogen-bond donors (Lipinski definition) is 2. The highest BCUT2D eigenvalue weighted by atomic mass is 19.3. The molecule has 0 aromatic heterocycles. The molecule has 2 N–H and O–H groups in total. The molecule has 0 radical (unpaired) electrons. The van der Waals surface area contributed by atoms with E-state index in [1.54, 1.807) is 19.2 Å². The number of ether oxygens (including phenoxy) is 2. The van der Waals surface area contributed by atoms with Gasteiger partial charge in [-0.15, -0.1) is 0 Å². The van der Waals surface area contributed by atoms with E-state index in [4.69, 9.17) is 4.74 Å². The van der Waals surface area contributed by atoms with E-state index >= 15 is 0 Å². The number of rotatable bonds is 8. The molecule has 0 fully saturated rings. The van der Waals surface area contributed by atoms with Gasteiger partial charge in [0.05, 0.1) is 6.61 Å². The van der Waals surface area contributed by atoms with E-state index in [2.05, 4.69) is 20.4 Å². The van der Waals surface area contributed by atoms with Gasteiger partial charge in [0, 0.05) is 26.7 Å². The number of halogens is 2. The van der Waals surface area contributed by atoms with Crippen LogP contribution in [0.1, 0.15) is 12.5 Å². The Labute approximate surface area is 123 Å². The Morgan fingerprint density at radius 2 is 2.14 bits per heavy atom. The molecule has 0 atom stereocenters. The maximum absolute atomic E-state index is 12.1. The molecule has 0 unspecified atom stereocenters. The molecule has 0 aliphatic rings. The summed E-state index contributed by atoms with van der Waals surface area (Å²) in [6, 6.07) is 6.54. The monoisotopic (exact) mass is 301 g/mol. The van der Waals surface area contributed by atoms with E-state index in [1.165, 1.54) is 6.07 Å². The largest absolute Gasteiger partial charge is 0.435 e. The minimum absolute atomic E-state index is 0.142. The summed E-state index contributed by atoms with van der Waals surface area (Å²) in [6.45, 7) is 1.47. The molecule has 0 spiro atoms. The van der Waals surface area contributed by atoms with Gasteiger partial charge in [-0.25, -0.2) is 0 Å². The molecule has 5 nitrogen and oxygen atoms in total. The van der Waals surface area contributed by atoms with Crippen molar-refractivity contribution in [3.05, 3.63) is 29.8 Å². The highest BCUT2D eigenvalue weighted by Gasteiger charge is 2.05. The average Bonchev–Trinajstić information content (AvgIpc) is 2.46. The van der Waals surface area contributed by atoms with E-state index in [9.17, 15) is 8.78 Å². The van der Waals surface area contributed by atoms with Crippen LogP contribution >= 0.6 is 0 Å². The van der Waals surface area contributed by atoms with Crippen molar-refractivity contribution in [3.8, 4) is 5.75 Å². The van der Waals surface area contributed by atoms with Gasteiger partial charge >= 0.3 is 6.61 Å². The van der Waals surface area contributed by atoms with Crippen LogP contribution in [-0.2, 0) is 11.3 Å². The van der Waals surface area contributed by atoms with Crippen molar-refractivity contribution in [2.24, 2.45) is 4.99 Å². The Bertz CT molecular complexity index is 442. The maximum atomic E-state index is 12.1. The quantitative estimate of drug-likeness (QED) is 0.438.